The summed E-state index contributed by atoms with van der Waals surface area (Å²) in [6, 6.07) is 13.6. The van der Waals surface area contributed by atoms with Gasteiger partial charge in [0.05, 0.1) is 4.47 Å². The molecular formula is C16H17BrFN. The molecule has 0 radical (unpaired) electrons. The van der Waals surface area contributed by atoms with Gasteiger partial charge in [-0.3, -0.25) is 0 Å². The van der Waals surface area contributed by atoms with Crippen LogP contribution >= 0.6 is 15.9 Å². The summed E-state index contributed by atoms with van der Waals surface area (Å²) >= 11 is 3.32. The first-order chi connectivity index (χ1) is 9.11. The Kier molecular flexibility index (Phi) is 4.59. The molecule has 0 saturated carbocycles. The van der Waals surface area contributed by atoms with Gasteiger partial charge in [-0.1, -0.05) is 29.8 Å². The predicted octanol–water partition coefficient (Wildman–Crippen LogP) is 4.92. The van der Waals surface area contributed by atoms with Crippen LogP contribution in [0.3, 0.4) is 0 Å². The normalized spacial score (nSPS) is 10.5. The summed E-state index contributed by atoms with van der Waals surface area (Å²) in [5.74, 6) is -0.211. The van der Waals surface area contributed by atoms with Gasteiger partial charge in [0.2, 0.25) is 0 Å². The van der Waals surface area contributed by atoms with Gasteiger partial charge in [-0.2, -0.15) is 0 Å². The second-order valence-corrected chi connectivity index (χ2v) is 5.36. The third-order valence-electron chi connectivity index (χ3n) is 3.17. The minimum Gasteiger partial charge on any atom is -0.367 e. The van der Waals surface area contributed by atoms with Crippen molar-refractivity contribution >= 4 is 21.6 Å². The Hall–Kier alpha value is -1.35. The topological polar surface area (TPSA) is 3.24 Å². The number of rotatable bonds is 4. The third kappa shape index (κ3) is 3.35. The Morgan fingerprint density at radius 2 is 1.79 bits per heavy atom. The number of benzene rings is 2. The van der Waals surface area contributed by atoms with E-state index < -0.39 is 0 Å². The van der Waals surface area contributed by atoms with E-state index in [-0.39, 0.29) is 5.82 Å². The minimum absolute atomic E-state index is 0.211. The molecule has 2 rings (SSSR count). The SMILES string of the molecule is CCN(Cc1cccc(F)c1Br)c1ccc(C)cc1. The first-order valence-electron chi connectivity index (χ1n) is 6.36. The van der Waals surface area contributed by atoms with Crippen molar-refractivity contribution in [2.24, 2.45) is 0 Å². The lowest BCUT2D eigenvalue weighted by Gasteiger charge is -2.24. The van der Waals surface area contributed by atoms with E-state index in [1.807, 2.05) is 6.07 Å². The molecule has 0 saturated heterocycles. The van der Waals surface area contributed by atoms with E-state index in [0.29, 0.717) is 11.0 Å². The van der Waals surface area contributed by atoms with Crippen LogP contribution in [0.4, 0.5) is 10.1 Å². The largest absolute Gasteiger partial charge is 0.367 e. The van der Waals surface area contributed by atoms with Crippen molar-refractivity contribution < 1.29 is 4.39 Å². The molecule has 0 bridgehead atoms. The van der Waals surface area contributed by atoms with E-state index in [0.717, 1.165) is 17.8 Å². The van der Waals surface area contributed by atoms with E-state index in [9.17, 15) is 4.39 Å². The van der Waals surface area contributed by atoms with Crippen LogP contribution in [-0.4, -0.2) is 6.54 Å². The fourth-order valence-electron chi connectivity index (χ4n) is 2.02. The number of hydrogen-bond donors (Lipinski definition) is 0. The van der Waals surface area contributed by atoms with Gasteiger partial charge >= 0.3 is 0 Å². The Balaban J connectivity index is 2.24. The minimum atomic E-state index is -0.211. The molecule has 0 spiro atoms. The Labute approximate surface area is 122 Å². The van der Waals surface area contributed by atoms with Gasteiger partial charge in [0.1, 0.15) is 5.82 Å². The van der Waals surface area contributed by atoms with Crippen LogP contribution in [0.25, 0.3) is 0 Å². The fraction of sp³-hybridized carbons (Fsp3) is 0.250. The van der Waals surface area contributed by atoms with Crippen molar-refractivity contribution in [1.82, 2.24) is 0 Å². The van der Waals surface area contributed by atoms with Gasteiger partial charge < -0.3 is 4.90 Å². The molecule has 0 atom stereocenters. The molecule has 0 aliphatic rings. The lowest BCUT2D eigenvalue weighted by atomic mass is 10.1. The number of nitrogens with zero attached hydrogens (tertiary/aromatic N) is 1. The van der Waals surface area contributed by atoms with E-state index in [4.69, 9.17) is 0 Å². The summed E-state index contributed by atoms with van der Waals surface area (Å²) in [6.45, 7) is 5.75. The van der Waals surface area contributed by atoms with Crippen molar-refractivity contribution in [3.63, 3.8) is 0 Å². The zero-order valence-corrected chi connectivity index (χ0v) is 12.7. The van der Waals surface area contributed by atoms with Crippen LogP contribution in [0.15, 0.2) is 46.9 Å². The van der Waals surface area contributed by atoms with E-state index in [2.05, 4.69) is 58.9 Å². The van der Waals surface area contributed by atoms with Gasteiger partial charge in [-0.15, -0.1) is 0 Å². The summed E-state index contributed by atoms with van der Waals surface area (Å²) in [7, 11) is 0. The standard InChI is InChI=1S/C16H17BrFN/c1-3-19(14-9-7-12(2)8-10-14)11-13-5-4-6-15(18)16(13)17/h4-10H,3,11H2,1-2H3. The number of aryl methyl sites for hydroxylation is 1. The lowest BCUT2D eigenvalue weighted by Crippen LogP contribution is -2.22. The van der Waals surface area contributed by atoms with E-state index in [1.165, 1.54) is 11.6 Å². The highest BCUT2D eigenvalue weighted by atomic mass is 79.9. The molecular weight excluding hydrogens is 305 g/mol. The highest BCUT2D eigenvalue weighted by Crippen LogP contribution is 2.24. The summed E-state index contributed by atoms with van der Waals surface area (Å²) in [5.41, 5.74) is 3.36. The molecule has 0 heterocycles. The molecule has 0 unspecified atom stereocenters. The highest BCUT2D eigenvalue weighted by molar-refractivity contribution is 9.10. The first-order valence-corrected chi connectivity index (χ1v) is 7.15. The molecule has 0 aliphatic heterocycles. The molecule has 0 aromatic heterocycles. The van der Waals surface area contributed by atoms with Gasteiger partial charge in [0, 0.05) is 18.8 Å². The zero-order valence-electron chi connectivity index (χ0n) is 11.2. The van der Waals surface area contributed by atoms with Crippen molar-refractivity contribution in [3.8, 4) is 0 Å². The van der Waals surface area contributed by atoms with Crippen LogP contribution in [0.5, 0.6) is 0 Å². The number of hydrogen-bond acceptors (Lipinski definition) is 1. The summed E-state index contributed by atoms with van der Waals surface area (Å²) in [5, 5.41) is 0. The summed E-state index contributed by atoms with van der Waals surface area (Å²) in [6.07, 6.45) is 0. The van der Waals surface area contributed by atoms with Gasteiger partial charge in [0.15, 0.2) is 0 Å². The number of halogens is 2. The summed E-state index contributed by atoms with van der Waals surface area (Å²) in [4.78, 5) is 2.22. The second kappa shape index (κ2) is 6.20. The van der Waals surface area contributed by atoms with Crippen molar-refractivity contribution in [1.29, 1.82) is 0 Å². The number of anilines is 1. The maximum absolute atomic E-state index is 13.5. The molecule has 2 aromatic carbocycles. The Bertz CT molecular complexity index is 551. The van der Waals surface area contributed by atoms with Crippen LogP contribution in [0, 0.1) is 12.7 Å². The monoisotopic (exact) mass is 321 g/mol. The third-order valence-corrected chi connectivity index (χ3v) is 4.06. The molecule has 0 amide bonds. The van der Waals surface area contributed by atoms with Crippen molar-refractivity contribution in [2.45, 2.75) is 20.4 Å². The molecule has 0 fully saturated rings. The van der Waals surface area contributed by atoms with Crippen LogP contribution in [0.2, 0.25) is 0 Å². The van der Waals surface area contributed by atoms with Crippen molar-refractivity contribution in [2.75, 3.05) is 11.4 Å². The van der Waals surface area contributed by atoms with Gasteiger partial charge in [-0.05, 0) is 53.5 Å². The maximum Gasteiger partial charge on any atom is 0.137 e. The lowest BCUT2D eigenvalue weighted by molar-refractivity contribution is 0.617. The first kappa shape index (κ1) is 14.1. The van der Waals surface area contributed by atoms with Crippen LogP contribution in [-0.2, 0) is 6.54 Å². The molecule has 100 valence electrons. The van der Waals surface area contributed by atoms with E-state index >= 15 is 0 Å². The van der Waals surface area contributed by atoms with Gasteiger partial charge in [0.25, 0.3) is 0 Å². The Morgan fingerprint density at radius 3 is 2.42 bits per heavy atom. The molecule has 0 N–H and O–H groups in total. The van der Waals surface area contributed by atoms with Gasteiger partial charge in [-0.25, -0.2) is 4.39 Å². The highest BCUT2D eigenvalue weighted by Gasteiger charge is 2.10. The molecule has 19 heavy (non-hydrogen) atoms. The zero-order chi connectivity index (χ0) is 13.8. The fourth-order valence-corrected chi connectivity index (χ4v) is 2.41. The molecule has 0 aliphatic carbocycles. The molecule has 2 aromatic rings. The molecule has 3 heteroatoms. The summed E-state index contributed by atoms with van der Waals surface area (Å²) < 4.78 is 14.1. The van der Waals surface area contributed by atoms with E-state index in [1.54, 1.807) is 6.07 Å². The van der Waals surface area contributed by atoms with Crippen LogP contribution < -0.4 is 4.90 Å². The maximum atomic E-state index is 13.5. The smallest absolute Gasteiger partial charge is 0.137 e. The van der Waals surface area contributed by atoms with Crippen LogP contribution in [0.1, 0.15) is 18.1 Å². The average molecular weight is 322 g/mol. The molecule has 1 nitrogen and oxygen atoms in total. The predicted molar refractivity (Wildman–Crippen MR) is 82.0 cm³/mol. The average Bonchev–Trinajstić information content (AvgIpc) is 2.42. The second-order valence-electron chi connectivity index (χ2n) is 4.56. The Morgan fingerprint density at radius 1 is 1.11 bits per heavy atom. The van der Waals surface area contributed by atoms with Crippen molar-refractivity contribution in [3.05, 3.63) is 63.9 Å². The quantitative estimate of drug-likeness (QED) is 0.772.